The Morgan fingerprint density at radius 3 is 2.83 bits per heavy atom. The van der Waals surface area contributed by atoms with Crippen molar-refractivity contribution in [1.82, 2.24) is 25.2 Å². The molecule has 0 spiro atoms. The van der Waals surface area contributed by atoms with E-state index >= 15 is 0 Å². The zero-order valence-corrected chi connectivity index (χ0v) is 17.3. The fourth-order valence-electron chi connectivity index (χ4n) is 2.70. The maximum absolute atomic E-state index is 12.8. The highest BCUT2D eigenvalue weighted by Gasteiger charge is 2.23. The molecule has 2 aromatic heterocycles. The third-order valence-corrected chi connectivity index (χ3v) is 6.40. The molecule has 1 atom stereocenters. The van der Waals surface area contributed by atoms with Gasteiger partial charge in [0.25, 0.3) is 5.69 Å². The Balaban J connectivity index is 1.51. The van der Waals surface area contributed by atoms with Gasteiger partial charge in [-0.2, -0.15) is 4.68 Å². The average Bonchev–Trinajstić information content (AvgIpc) is 3.37. The van der Waals surface area contributed by atoms with E-state index in [9.17, 15) is 14.9 Å². The normalized spacial score (nSPS) is 12.0. The summed E-state index contributed by atoms with van der Waals surface area (Å²) in [5.41, 5.74) is 1.38. The molecule has 0 aliphatic heterocycles. The summed E-state index contributed by atoms with van der Waals surface area (Å²) in [4.78, 5) is 27.6. The number of hydrogen-bond acceptors (Lipinski definition) is 9. The minimum Gasteiger partial charge on any atom is -0.301 e. The van der Waals surface area contributed by atoms with E-state index in [1.165, 1.54) is 35.2 Å². The van der Waals surface area contributed by atoms with Crippen LogP contribution >= 0.6 is 23.1 Å². The zero-order chi connectivity index (χ0) is 21.1. The predicted octanol–water partition coefficient (Wildman–Crippen LogP) is 3.69. The van der Waals surface area contributed by atoms with Crippen molar-refractivity contribution in [2.75, 3.05) is 5.32 Å². The van der Waals surface area contributed by atoms with Crippen molar-refractivity contribution < 1.29 is 9.72 Å². The van der Waals surface area contributed by atoms with Gasteiger partial charge in [-0.15, -0.1) is 5.10 Å². The summed E-state index contributed by atoms with van der Waals surface area (Å²) in [6, 6.07) is 13.8. The minimum absolute atomic E-state index is 0.0150. The monoisotopic (exact) mass is 441 g/mol. The van der Waals surface area contributed by atoms with Gasteiger partial charge in [-0.3, -0.25) is 14.9 Å². The third kappa shape index (κ3) is 4.14. The maximum Gasteiger partial charge on any atom is 0.270 e. The number of amides is 1. The van der Waals surface area contributed by atoms with E-state index < -0.39 is 10.2 Å². The molecule has 2 aromatic carbocycles. The lowest BCUT2D eigenvalue weighted by Gasteiger charge is -2.12. The highest BCUT2D eigenvalue weighted by Crippen LogP contribution is 2.31. The smallest absolute Gasteiger partial charge is 0.270 e. The second-order valence-electron chi connectivity index (χ2n) is 6.14. The number of thioether (sulfide) groups is 1. The number of para-hydroxylation sites is 1. The van der Waals surface area contributed by atoms with Crippen LogP contribution in [0.5, 0.6) is 0 Å². The SMILES string of the molecule is CCC(Sc1nnnn1-c1ccccc1)C(=O)Nc1nc2ccc([N+](=O)[O-])cc2s1. The van der Waals surface area contributed by atoms with Gasteiger partial charge in [0.15, 0.2) is 5.13 Å². The van der Waals surface area contributed by atoms with Gasteiger partial charge in [-0.05, 0) is 35.0 Å². The lowest BCUT2D eigenvalue weighted by molar-refractivity contribution is -0.384. The van der Waals surface area contributed by atoms with Crippen molar-refractivity contribution in [3.05, 3.63) is 58.6 Å². The number of aromatic nitrogens is 5. The molecule has 0 fully saturated rings. The number of rotatable bonds is 7. The largest absolute Gasteiger partial charge is 0.301 e. The number of benzene rings is 2. The van der Waals surface area contributed by atoms with E-state index in [1.54, 1.807) is 10.7 Å². The number of anilines is 1. The molecule has 4 rings (SSSR count). The van der Waals surface area contributed by atoms with Crippen LogP contribution in [-0.4, -0.2) is 41.3 Å². The summed E-state index contributed by atoms with van der Waals surface area (Å²) >= 11 is 2.45. The molecule has 1 unspecified atom stereocenters. The summed E-state index contributed by atoms with van der Waals surface area (Å²) in [6.07, 6.45) is 0.550. The highest BCUT2D eigenvalue weighted by molar-refractivity contribution is 8.00. The van der Waals surface area contributed by atoms with E-state index in [4.69, 9.17) is 0 Å². The molecule has 0 radical (unpaired) electrons. The van der Waals surface area contributed by atoms with Gasteiger partial charge in [-0.1, -0.05) is 48.2 Å². The Labute approximate surface area is 178 Å². The van der Waals surface area contributed by atoms with Crippen LogP contribution < -0.4 is 5.32 Å². The Morgan fingerprint density at radius 2 is 2.10 bits per heavy atom. The average molecular weight is 441 g/mol. The van der Waals surface area contributed by atoms with Gasteiger partial charge in [0, 0.05) is 12.1 Å². The van der Waals surface area contributed by atoms with E-state index in [0.29, 0.717) is 26.9 Å². The van der Waals surface area contributed by atoms with Gasteiger partial charge in [0.05, 0.1) is 26.1 Å². The molecule has 1 amide bonds. The van der Waals surface area contributed by atoms with Crippen molar-refractivity contribution in [2.45, 2.75) is 23.8 Å². The topological polar surface area (TPSA) is 129 Å². The van der Waals surface area contributed by atoms with Gasteiger partial charge < -0.3 is 5.32 Å². The number of thiazole rings is 1. The molecule has 0 saturated carbocycles. The third-order valence-electron chi connectivity index (χ3n) is 4.17. The summed E-state index contributed by atoms with van der Waals surface area (Å²) in [5.74, 6) is -0.237. The number of carbonyl (C=O) groups is 1. The van der Waals surface area contributed by atoms with Crippen molar-refractivity contribution >= 4 is 50.0 Å². The summed E-state index contributed by atoms with van der Waals surface area (Å²) in [7, 11) is 0. The van der Waals surface area contributed by atoms with E-state index in [1.807, 2.05) is 37.3 Å². The first-order valence-electron chi connectivity index (χ1n) is 8.91. The number of carbonyl (C=O) groups excluding carboxylic acids is 1. The predicted molar refractivity (Wildman–Crippen MR) is 114 cm³/mol. The lowest BCUT2D eigenvalue weighted by atomic mass is 10.3. The molecule has 0 aliphatic carbocycles. The molecule has 2 heterocycles. The highest BCUT2D eigenvalue weighted by atomic mass is 32.2. The molecule has 152 valence electrons. The second-order valence-corrected chi connectivity index (χ2v) is 8.34. The first kappa shape index (κ1) is 19.9. The minimum atomic E-state index is -0.460. The standard InChI is InChI=1S/C18H15N7O3S2/c1-2-14(30-18-21-22-23-24(18)11-6-4-3-5-7-11)16(26)20-17-19-13-9-8-12(25(27)28)10-15(13)29-17/h3-10,14H,2H2,1H3,(H,19,20,26). The summed E-state index contributed by atoms with van der Waals surface area (Å²) in [6.45, 7) is 1.90. The number of hydrogen-bond donors (Lipinski definition) is 1. The Hall–Kier alpha value is -3.38. The van der Waals surface area contributed by atoms with Gasteiger partial charge in [-0.25, -0.2) is 4.98 Å². The molecule has 0 bridgehead atoms. The fraction of sp³-hybridized carbons (Fsp3) is 0.167. The number of nitro groups is 1. The Bertz CT molecular complexity index is 1210. The molecular formula is C18H15N7O3S2. The Kier molecular flexibility index (Phi) is 5.68. The van der Waals surface area contributed by atoms with Gasteiger partial charge in [0.2, 0.25) is 11.1 Å². The molecule has 1 N–H and O–H groups in total. The van der Waals surface area contributed by atoms with Crippen LogP contribution in [0.2, 0.25) is 0 Å². The van der Waals surface area contributed by atoms with E-state index in [-0.39, 0.29) is 11.6 Å². The number of nitrogens with zero attached hydrogens (tertiary/aromatic N) is 6. The second kappa shape index (κ2) is 8.55. The first-order valence-corrected chi connectivity index (χ1v) is 10.6. The van der Waals surface area contributed by atoms with Gasteiger partial charge in [0.1, 0.15) is 0 Å². The number of nitro benzene ring substituents is 1. The molecule has 12 heteroatoms. The van der Waals surface area contributed by atoms with Gasteiger partial charge >= 0.3 is 0 Å². The molecule has 0 aliphatic rings. The van der Waals surface area contributed by atoms with E-state index in [0.717, 1.165) is 5.69 Å². The van der Waals surface area contributed by atoms with E-state index in [2.05, 4.69) is 25.8 Å². The van der Waals surface area contributed by atoms with Crippen LogP contribution in [0.1, 0.15) is 13.3 Å². The molecular weight excluding hydrogens is 426 g/mol. The molecule has 30 heavy (non-hydrogen) atoms. The number of fused-ring (bicyclic) bond motifs is 1. The van der Waals surface area contributed by atoms with Crippen LogP contribution in [0.15, 0.2) is 53.7 Å². The molecule has 0 saturated heterocycles. The number of tetrazole rings is 1. The van der Waals surface area contributed by atoms with Crippen molar-refractivity contribution in [3.63, 3.8) is 0 Å². The van der Waals surface area contributed by atoms with Crippen LogP contribution in [0.4, 0.5) is 10.8 Å². The van der Waals surface area contributed by atoms with Crippen molar-refractivity contribution in [3.8, 4) is 5.69 Å². The first-order chi connectivity index (χ1) is 14.5. The number of non-ortho nitro benzene ring substituents is 1. The fourth-order valence-corrected chi connectivity index (χ4v) is 4.51. The van der Waals surface area contributed by atoms with Crippen molar-refractivity contribution in [1.29, 1.82) is 0 Å². The quantitative estimate of drug-likeness (QED) is 0.261. The Morgan fingerprint density at radius 1 is 1.30 bits per heavy atom. The van der Waals surface area contributed by atoms with Crippen LogP contribution in [0.3, 0.4) is 0 Å². The molecule has 4 aromatic rings. The van der Waals surface area contributed by atoms with Crippen LogP contribution in [0.25, 0.3) is 15.9 Å². The summed E-state index contributed by atoms with van der Waals surface area (Å²) in [5, 5.41) is 26.0. The maximum atomic E-state index is 12.8. The lowest BCUT2D eigenvalue weighted by Crippen LogP contribution is -2.25. The van der Waals surface area contributed by atoms with Crippen molar-refractivity contribution in [2.24, 2.45) is 0 Å². The summed E-state index contributed by atoms with van der Waals surface area (Å²) < 4.78 is 2.21. The van der Waals surface area contributed by atoms with Crippen LogP contribution in [0, 0.1) is 10.1 Å². The number of nitrogens with one attached hydrogen (secondary N) is 1. The van der Waals surface area contributed by atoms with Crippen LogP contribution in [-0.2, 0) is 4.79 Å². The zero-order valence-electron chi connectivity index (χ0n) is 15.6. The molecule has 10 nitrogen and oxygen atoms in total.